The first-order valence-corrected chi connectivity index (χ1v) is 4.41. The maximum absolute atomic E-state index is 5.66. The summed E-state index contributed by atoms with van der Waals surface area (Å²) in [5, 5.41) is 4.15. The normalized spacial score (nSPS) is 12.1. The maximum atomic E-state index is 5.66. The predicted octanol–water partition coefficient (Wildman–Crippen LogP) is 3.39. The number of rotatable bonds is 0. The van der Waals surface area contributed by atoms with Crippen molar-refractivity contribution < 1.29 is 4.52 Å². The van der Waals surface area contributed by atoms with E-state index in [0.29, 0.717) is 5.22 Å². The van der Waals surface area contributed by atoms with Gasteiger partial charge in [0.25, 0.3) is 0 Å². The van der Waals surface area contributed by atoms with E-state index < -0.39 is 0 Å². The first-order valence-electron chi connectivity index (χ1n) is 3.24. The van der Waals surface area contributed by atoms with E-state index >= 15 is 0 Å². The second kappa shape index (κ2) is 2.79. The van der Waals surface area contributed by atoms with E-state index in [1.165, 1.54) is 0 Å². The summed E-state index contributed by atoms with van der Waals surface area (Å²) in [7, 11) is 0. The summed E-state index contributed by atoms with van der Waals surface area (Å²) in [6.45, 7) is 6.14. The third-order valence-corrected chi connectivity index (χ3v) is 2.53. The van der Waals surface area contributed by atoms with Gasteiger partial charge in [-0.15, -0.1) is 0 Å². The fourth-order valence-electron chi connectivity index (χ4n) is 0.725. The minimum absolute atomic E-state index is 0.0323. The molecule has 0 unspecified atom stereocenters. The van der Waals surface area contributed by atoms with Gasteiger partial charge in [0, 0.05) is 5.41 Å². The molecule has 0 aromatic carbocycles. The molecular weight excluding hydrogens is 229 g/mol. The Labute approximate surface area is 79.0 Å². The molecule has 1 rings (SSSR count). The van der Waals surface area contributed by atoms with Crippen molar-refractivity contribution in [3.63, 3.8) is 0 Å². The highest BCUT2D eigenvalue weighted by atomic mass is 79.9. The van der Waals surface area contributed by atoms with Crippen molar-refractivity contribution in [3.8, 4) is 0 Å². The molecule has 0 aliphatic carbocycles. The zero-order valence-electron chi connectivity index (χ0n) is 6.61. The monoisotopic (exact) mass is 237 g/mol. The van der Waals surface area contributed by atoms with E-state index in [2.05, 4.69) is 21.1 Å². The molecule has 0 atom stereocenters. The Morgan fingerprint density at radius 1 is 1.45 bits per heavy atom. The standard InChI is InChI=1S/C7H9BrClNO/c1-7(2,3)5-4(8)6(9)11-10-5/h1-3H3. The van der Waals surface area contributed by atoms with E-state index in [1.54, 1.807) is 0 Å². The minimum Gasteiger partial charge on any atom is -0.343 e. The fourth-order valence-corrected chi connectivity index (χ4v) is 1.59. The van der Waals surface area contributed by atoms with Gasteiger partial charge in [-0.25, -0.2) is 0 Å². The van der Waals surface area contributed by atoms with Crippen LogP contribution in [0.5, 0.6) is 0 Å². The molecule has 0 saturated heterocycles. The molecule has 4 heteroatoms. The number of aromatic nitrogens is 1. The van der Waals surface area contributed by atoms with Gasteiger partial charge in [-0.2, -0.15) is 0 Å². The summed E-state index contributed by atoms with van der Waals surface area (Å²) in [6, 6.07) is 0. The summed E-state index contributed by atoms with van der Waals surface area (Å²) in [5.74, 6) is 0. The topological polar surface area (TPSA) is 26.0 Å². The van der Waals surface area contributed by atoms with Crippen LogP contribution in [0.1, 0.15) is 26.5 Å². The van der Waals surface area contributed by atoms with Crippen molar-refractivity contribution in [2.45, 2.75) is 26.2 Å². The zero-order chi connectivity index (χ0) is 8.65. The minimum atomic E-state index is -0.0323. The van der Waals surface area contributed by atoms with Gasteiger partial charge in [0.1, 0.15) is 10.2 Å². The number of hydrogen-bond donors (Lipinski definition) is 0. The molecule has 0 fully saturated rings. The molecule has 0 N–H and O–H groups in total. The molecule has 1 heterocycles. The predicted molar refractivity (Wildman–Crippen MR) is 47.9 cm³/mol. The lowest BCUT2D eigenvalue weighted by atomic mass is 9.93. The fraction of sp³-hybridized carbons (Fsp3) is 0.571. The van der Waals surface area contributed by atoms with Gasteiger partial charge in [-0.1, -0.05) is 25.9 Å². The summed E-state index contributed by atoms with van der Waals surface area (Å²) in [4.78, 5) is 0. The third kappa shape index (κ3) is 1.76. The van der Waals surface area contributed by atoms with Crippen molar-refractivity contribution in [3.05, 3.63) is 15.4 Å². The first kappa shape index (κ1) is 9.07. The molecule has 0 radical (unpaired) electrons. The average Bonchev–Trinajstić information content (AvgIpc) is 2.11. The molecule has 11 heavy (non-hydrogen) atoms. The van der Waals surface area contributed by atoms with Crippen LogP contribution in [-0.2, 0) is 5.41 Å². The molecule has 0 saturated carbocycles. The average molecular weight is 239 g/mol. The van der Waals surface area contributed by atoms with Gasteiger partial charge in [0.05, 0.1) is 0 Å². The summed E-state index contributed by atoms with van der Waals surface area (Å²) in [5.41, 5.74) is 0.817. The molecule has 2 nitrogen and oxygen atoms in total. The van der Waals surface area contributed by atoms with Crippen molar-refractivity contribution in [2.75, 3.05) is 0 Å². The molecule has 62 valence electrons. The number of nitrogens with zero attached hydrogens (tertiary/aromatic N) is 1. The van der Waals surface area contributed by atoms with E-state index in [9.17, 15) is 0 Å². The SMILES string of the molecule is CC(C)(C)c1noc(Cl)c1Br. The van der Waals surface area contributed by atoms with Crippen LogP contribution >= 0.6 is 27.5 Å². The van der Waals surface area contributed by atoms with Crippen LogP contribution < -0.4 is 0 Å². The van der Waals surface area contributed by atoms with Crippen LogP contribution in [0.25, 0.3) is 0 Å². The summed E-state index contributed by atoms with van der Waals surface area (Å²) < 4.78 is 5.55. The van der Waals surface area contributed by atoms with Gasteiger partial charge in [0.15, 0.2) is 0 Å². The third-order valence-electron chi connectivity index (χ3n) is 1.31. The van der Waals surface area contributed by atoms with Gasteiger partial charge in [-0.05, 0) is 27.5 Å². The summed E-state index contributed by atoms with van der Waals surface area (Å²) in [6.07, 6.45) is 0. The van der Waals surface area contributed by atoms with Crippen LogP contribution in [0, 0.1) is 0 Å². The number of halogens is 2. The largest absolute Gasteiger partial charge is 0.343 e. The van der Waals surface area contributed by atoms with Gasteiger partial charge >= 0.3 is 0 Å². The lowest BCUT2D eigenvalue weighted by Crippen LogP contribution is -2.11. The van der Waals surface area contributed by atoms with Crippen LogP contribution in [0.4, 0.5) is 0 Å². The van der Waals surface area contributed by atoms with Gasteiger partial charge < -0.3 is 4.52 Å². The zero-order valence-corrected chi connectivity index (χ0v) is 8.95. The maximum Gasteiger partial charge on any atom is 0.240 e. The van der Waals surface area contributed by atoms with E-state index in [1.807, 2.05) is 20.8 Å². The van der Waals surface area contributed by atoms with Crippen molar-refractivity contribution in [2.24, 2.45) is 0 Å². The second-order valence-corrected chi connectivity index (χ2v) is 4.51. The van der Waals surface area contributed by atoms with Crippen molar-refractivity contribution >= 4 is 27.5 Å². The second-order valence-electron chi connectivity index (χ2n) is 3.37. The first-order chi connectivity index (χ1) is 4.93. The molecule has 0 spiro atoms. The lowest BCUT2D eigenvalue weighted by Gasteiger charge is -2.13. The van der Waals surface area contributed by atoms with Crippen molar-refractivity contribution in [1.82, 2.24) is 5.16 Å². The molecule has 0 bridgehead atoms. The van der Waals surface area contributed by atoms with E-state index in [4.69, 9.17) is 16.1 Å². The Balaban J connectivity index is 3.15. The van der Waals surface area contributed by atoms with Crippen LogP contribution in [0.2, 0.25) is 5.22 Å². The van der Waals surface area contributed by atoms with Crippen LogP contribution in [0.15, 0.2) is 9.00 Å². The van der Waals surface area contributed by atoms with Crippen LogP contribution in [-0.4, -0.2) is 5.16 Å². The smallest absolute Gasteiger partial charge is 0.240 e. The van der Waals surface area contributed by atoms with Gasteiger partial charge in [-0.3, -0.25) is 0 Å². The molecule has 1 aromatic heterocycles. The highest BCUT2D eigenvalue weighted by Gasteiger charge is 2.23. The Kier molecular flexibility index (Phi) is 2.30. The quantitative estimate of drug-likeness (QED) is 0.692. The Bertz CT molecular complexity index is 264. The molecule has 1 aromatic rings. The van der Waals surface area contributed by atoms with E-state index in [-0.39, 0.29) is 5.41 Å². The molecule has 0 aliphatic rings. The Morgan fingerprint density at radius 2 is 2.00 bits per heavy atom. The highest BCUT2D eigenvalue weighted by molar-refractivity contribution is 9.10. The molecule has 0 amide bonds. The van der Waals surface area contributed by atoms with Crippen LogP contribution in [0.3, 0.4) is 0 Å². The molecule has 0 aliphatic heterocycles. The number of hydrogen-bond acceptors (Lipinski definition) is 2. The van der Waals surface area contributed by atoms with Crippen molar-refractivity contribution in [1.29, 1.82) is 0 Å². The lowest BCUT2D eigenvalue weighted by molar-refractivity contribution is 0.394. The Morgan fingerprint density at radius 3 is 2.18 bits per heavy atom. The van der Waals surface area contributed by atoms with Gasteiger partial charge in [0.2, 0.25) is 5.22 Å². The summed E-state index contributed by atoms with van der Waals surface area (Å²) >= 11 is 8.96. The highest BCUT2D eigenvalue weighted by Crippen LogP contribution is 2.33. The molecular formula is C7H9BrClNO. The van der Waals surface area contributed by atoms with E-state index in [0.717, 1.165) is 10.2 Å². The Hall–Kier alpha value is -0.0200.